The van der Waals surface area contributed by atoms with Gasteiger partial charge in [0.2, 0.25) is 5.91 Å². The first-order valence-corrected chi connectivity index (χ1v) is 8.42. The zero-order valence-corrected chi connectivity index (χ0v) is 14.3. The number of nitrogens with one attached hydrogen (secondary N) is 2. The van der Waals surface area contributed by atoms with E-state index < -0.39 is 10.3 Å². The molecule has 0 saturated heterocycles. The van der Waals surface area contributed by atoms with E-state index in [4.69, 9.17) is 11.6 Å². The van der Waals surface area contributed by atoms with Gasteiger partial charge in [-0.1, -0.05) is 23.7 Å². The molecule has 0 heterocycles. The van der Waals surface area contributed by atoms with Crippen molar-refractivity contribution >= 4 is 28.9 Å². The van der Waals surface area contributed by atoms with E-state index in [2.05, 4.69) is 10.6 Å². The topological polar surface area (TPSA) is 84.3 Å². The molecule has 0 atom stereocenters. The van der Waals surface area contributed by atoms with Crippen LogP contribution in [0.4, 0.5) is 11.4 Å². The number of nitrogens with zero attached hydrogens (tertiary/aromatic N) is 1. The Morgan fingerprint density at radius 2 is 1.72 bits per heavy atom. The molecular formula is C18H18ClN3O3. The third-order valence-corrected chi connectivity index (χ3v) is 4.65. The lowest BCUT2D eigenvalue weighted by Crippen LogP contribution is -2.37. The van der Waals surface area contributed by atoms with Crippen LogP contribution < -0.4 is 10.6 Å². The van der Waals surface area contributed by atoms with Crippen LogP contribution in [0.15, 0.2) is 48.5 Å². The van der Waals surface area contributed by atoms with E-state index in [1.807, 2.05) is 12.1 Å². The summed E-state index contributed by atoms with van der Waals surface area (Å²) >= 11 is 5.90. The number of amides is 1. The maximum atomic E-state index is 12.5. The number of anilines is 1. The predicted molar refractivity (Wildman–Crippen MR) is 97.0 cm³/mol. The molecule has 1 fully saturated rings. The Hall–Kier alpha value is -2.60. The van der Waals surface area contributed by atoms with Crippen molar-refractivity contribution in [1.29, 1.82) is 0 Å². The van der Waals surface area contributed by atoms with E-state index >= 15 is 0 Å². The molecule has 0 aromatic heterocycles. The highest BCUT2D eigenvalue weighted by atomic mass is 35.5. The minimum atomic E-state index is -0.435. The standard InChI is InChI=1S/C18H18ClN3O3/c19-14-3-1-13(2-4-14)18(9-10-18)17(23)21-12-11-20-15-5-7-16(8-6-15)22(24)25/h1-8,20H,9-12H2,(H,21,23). The molecule has 2 N–H and O–H groups in total. The second kappa shape index (κ2) is 7.11. The summed E-state index contributed by atoms with van der Waals surface area (Å²) in [6.45, 7) is 1.02. The van der Waals surface area contributed by atoms with Gasteiger partial charge in [-0.05, 0) is 42.7 Å². The number of non-ortho nitro benzene ring substituents is 1. The summed E-state index contributed by atoms with van der Waals surface area (Å²) in [6, 6.07) is 13.6. The van der Waals surface area contributed by atoms with Crippen LogP contribution in [-0.4, -0.2) is 23.9 Å². The normalized spacial score (nSPS) is 14.6. The minimum absolute atomic E-state index is 0.0281. The fourth-order valence-electron chi connectivity index (χ4n) is 2.79. The first-order valence-electron chi connectivity index (χ1n) is 8.04. The number of nitro groups is 1. The molecule has 3 rings (SSSR count). The summed E-state index contributed by atoms with van der Waals surface area (Å²) in [6.07, 6.45) is 1.69. The quantitative estimate of drug-likeness (QED) is 0.450. The highest BCUT2D eigenvalue weighted by Crippen LogP contribution is 2.48. The molecule has 0 bridgehead atoms. The highest BCUT2D eigenvalue weighted by molar-refractivity contribution is 6.30. The average molecular weight is 360 g/mol. The first kappa shape index (κ1) is 17.2. The third kappa shape index (κ3) is 3.91. The van der Waals surface area contributed by atoms with Gasteiger partial charge in [-0.15, -0.1) is 0 Å². The van der Waals surface area contributed by atoms with E-state index in [0.717, 1.165) is 24.1 Å². The van der Waals surface area contributed by atoms with Crippen LogP contribution in [0.25, 0.3) is 0 Å². The maximum absolute atomic E-state index is 12.5. The Morgan fingerprint density at radius 3 is 2.28 bits per heavy atom. The number of hydrogen-bond acceptors (Lipinski definition) is 4. The van der Waals surface area contributed by atoms with Crippen molar-refractivity contribution < 1.29 is 9.72 Å². The summed E-state index contributed by atoms with van der Waals surface area (Å²) in [4.78, 5) is 22.7. The Kier molecular flexibility index (Phi) is 4.90. The molecule has 1 saturated carbocycles. The first-order chi connectivity index (χ1) is 12.0. The van der Waals surface area contributed by atoms with E-state index in [0.29, 0.717) is 18.1 Å². The lowest BCUT2D eigenvalue weighted by atomic mass is 9.95. The SMILES string of the molecule is O=C(NCCNc1ccc([N+](=O)[O-])cc1)C1(c2ccc(Cl)cc2)CC1. The van der Waals surface area contributed by atoms with Gasteiger partial charge in [0.15, 0.2) is 0 Å². The van der Waals surface area contributed by atoms with E-state index in [1.165, 1.54) is 12.1 Å². The average Bonchev–Trinajstić information content (AvgIpc) is 3.41. The summed E-state index contributed by atoms with van der Waals surface area (Å²) in [7, 11) is 0. The second-order valence-corrected chi connectivity index (χ2v) is 6.51. The molecule has 6 nitrogen and oxygen atoms in total. The number of carbonyl (C=O) groups excluding carboxylic acids is 1. The zero-order valence-electron chi connectivity index (χ0n) is 13.5. The fraction of sp³-hybridized carbons (Fsp3) is 0.278. The molecule has 130 valence electrons. The van der Waals surface area contributed by atoms with Gasteiger partial charge in [0.05, 0.1) is 10.3 Å². The molecule has 1 aliphatic carbocycles. The number of halogens is 1. The molecular weight excluding hydrogens is 342 g/mol. The number of carbonyl (C=O) groups is 1. The van der Waals surface area contributed by atoms with E-state index in [9.17, 15) is 14.9 Å². The second-order valence-electron chi connectivity index (χ2n) is 6.08. The van der Waals surface area contributed by atoms with Crippen molar-refractivity contribution in [2.75, 3.05) is 18.4 Å². The molecule has 0 unspecified atom stereocenters. The number of nitro benzene ring substituents is 1. The lowest BCUT2D eigenvalue weighted by molar-refractivity contribution is -0.384. The van der Waals surface area contributed by atoms with Gasteiger partial charge in [0.1, 0.15) is 0 Å². The highest BCUT2D eigenvalue weighted by Gasteiger charge is 2.50. The number of rotatable bonds is 7. The molecule has 2 aromatic carbocycles. The third-order valence-electron chi connectivity index (χ3n) is 4.40. The molecule has 2 aromatic rings. The van der Waals surface area contributed by atoms with Gasteiger partial charge in [0, 0.05) is 35.9 Å². The predicted octanol–water partition coefficient (Wildman–Crippen LogP) is 3.51. The molecule has 1 aliphatic rings. The molecule has 0 aliphatic heterocycles. The van der Waals surface area contributed by atoms with Crippen LogP contribution in [0.1, 0.15) is 18.4 Å². The monoisotopic (exact) mass is 359 g/mol. The van der Waals surface area contributed by atoms with Crippen molar-refractivity contribution in [3.8, 4) is 0 Å². The molecule has 0 spiro atoms. The van der Waals surface area contributed by atoms with Crippen molar-refractivity contribution in [2.24, 2.45) is 0 Å². The van der Waals surface area contributed by atoms with Gasteiger partial charge in [-0.3, -0.25) is 14.9 Å². The Bertz CT molecular complexity index is 771. The van der Waals surface area contributed by atoms with Crippen molar-refractivity contribution in [3.63, 3.8) is 0 Å². The minimum Gasteiger partial charge on any atom is -0.383 e. The van der Waals surface area contributed by atoms with Crippen molar-refractivity contribution in [3.05, 3.63) is 69.2 Å². The summed E-state index contributed by atoms with van der Waals surface area (Å²) < 4.78 is 0. The van der Waals surface area contributed by atoms with Crippen molar-refractivity contribution in [1.82, 2.24) is 5.32 Å². The number of benzene rings is 2. The molecule has 25 heavy (non-hydrogen) atoms. The summed E-state index contributed by atoms with van der Waals surface area (Å²) in [5, 5.41) is 17.4. The van der Waals surface area contributed by atoms with Crippen LogP contribution in [0.3, 0.4) is 0 Å². The largest absolute Gasteiger partial charge is 0.383 e. The van der Waals surface area contributed by atoms with Crippen LogP contribution in [-0.2, 0) is 10.2 Å². The van der Waals surface area contributed by atoms with E-state index in [-0.39, 0.29) is 11.6 Å². The Balaban J connectivity index is 1.48. The van der Waals surface area contributed by atoms with Crippen LogP contribution in [0.5, 0.6) is 0 Å². The van der Waals surface area contributed by atoms with Gasteiger partial charge in [-0.25, -0.2) is 0 Å². The lowest BCUT2D eigenvalue weighted by Gasteiger charge is -2.16. The van der Waals surface area contributed by atoms with E-state index in [1.54, 1.807) is 24.3 Å². The van der Waals surface area contributed by atoms with Crippen LogP contribution in [0, 0.1) is 10.1 Å². The number of hydrogen-bond donors (Lipinski definition) is 2. The molecule has 7 heteroatoms. The Labute approximate surface area is 150 Å². The fourth-order valence-corrected chi connectivity index (χ4v) is 2.92. The summed E-state index contributed by atoms with van der Waals surface area (Å²) in [5.41, 5.74) is 1.41. The van der Waals surface area contributed by atoms with Gasteiger partial charge in [-0.2, -0.15) is 0 Å². The van der Waals surface area contributed by atoms with Crippen LogP contribution >= 0.6 is 11.6 Å². The van der Waals surface area contributed by atoms with Gasteiger partial charge < -0.3 is 10.6 Å². The Morgan fingerprint density at radius 1 is 1.08 bits per heavy atom. The molecule has 1 amide bonds. The van der Waals surface area contributed by atoms with Gasteiger partial charge in [0.25, 0.3) is 5.69 Å². The van der Waals surface area contributed by atoms with Gasteiger partial charge >= 0.3 is 0 Å². The molecule has 0 radical (unpaired) electrons. The maximum Gasteiger partial charge on any atom is 0.269 e. The zero-order chi connectivity index (χ0) is 17.9. The van der Waals surface area contributed by atoms with Crippen molar-refractivity contribution in [2.45, 2.75) is 18.3 Å². The van der Waals surface area contributed by atoms with Crippen LogP contribution in [0.2, 0.25) is 5.02 Å². The summed E-state index contributed by atoms with van der Waals surface area (Å²) in [5.74, 6) is 0.0281. The smallest absolute Gasteiger partial charge is 0.269 e.